The third-order valence-corrected chi connectivity index (χ3v) is 9.07. The van der Waals surface area contributed by atoms with Crippen LogP contribution in [0.4, 0.5) is 0 Å². The molecule has 0 radical (unpaired) electrons. The van der Waals surface area contributed by atoms with Crippen molar-refractivity contribution in [1.82, 2.24) is 9.80 Å². The molecule has 0 heterocycles. The Morgan fingerprint density at radius 3 is 1.06 bits per heavy atom. The molecule has 18 heteroatoms. The van der Waals surface area contributed by atoms with Crippen LogP contribution in [0.5, 0.6) is 0 Å². The molecule has 0 aromatic rings. The molecule has 6 N–H and O–H groups in total. The van der Waals surface area contributed by atoms with Gasteiger partial charge in [-0.05, 0) is 64.7 Å². The molecule has 0 saturated heterocycles. The van der Waals surface area contributed by atoms with E-state index in [1.807, 2.05) is 9.80 Å². The van der Waals surface area contributed by atoms with E-state index in [9.17, 15) is 54.7 Å². The summed E-state index contributed by atoms with van der Waals surface area (Å²) in [6, 6.07) is -0.277. The second-order valence-corrected chi connectivity index (χ2v) is 16.2. The predicted octanol–water partition coefficient (Wildman–Crippen LogP) is -2.37. The molecule has 0 aliphatic carbocycles. The molecule has 0 aliphatic rings. The summed E-state index contributed by atoms with van der Waals surface area (Å²) >= 11 is 0. The van der Waals surface area contributed by atoms with Crippen molar-refractivity contribution in [1.29, 1.82) is 0 Å². The fraction of sp³-hybridized carbons (Fsp3) is 1.00. The fourth-order valence-corrected chi connectivity index (χ4v) is 6.00. The fourth-order valence-electron chi connectivity index (χ4n) is 3.62. The maximum atomic E-state index is 10.7. The molecule has 0 bridgehead atoms. The van der Waals surface area contributed by atoms with Gasteiger partial charge in [-0.15, -0.1) is 0 Å². The van der Waals surface area contributed by atoms with Gasteiger partial charge in [0, 0.05) is 36.7 Å². The summed E-state index contributed by atoms with van der Waals surface area (Å²) in [4.78, 5) is 59.5. The summed E-state index contributed by atoms with van der Waals surface area (Å²) in [5.74, 6) is -0.874. The summed E-state index contributed by atoms with van der Waals surface area (Å²) < 4.78 is 64.4. The Balaban J connectivity index is 4.84. The van der Waals surface area contributed by atoms with Gasteiger partial charge in [0.05, 0.1) is 20.2 Å². The van der Waals surface area contributed by atoms with Gasteiger partial charge in [-0.1, -0.05) is 12.8 Å². The first-order valence-electron chi connectivity index (χ1n) is 12.0. The average molecular weight is 599 g/mol. The summed E-state index contributed by atoms with van der Waals surface area (Å²) in [6.07, 6.45) is 3.35. The number of nitrogens with zero attached hydrogens (tertiary/aromatic N) is 2. The lowest BCUT2D eigenvalue weighted by Gasteiger charge is -2.28. The topological polar surface area (TPSA) is 242 Å². The Kier molecular flexibility index (Phi) is 17.5. The SMILES string of the molecule is O=S(=O)([O-])CCCCCN(CCC[Si](O)(O)O)CCN(CCCCCS(=O)(=O)[O-])CCC[Si](O)(O)O. The molecule has 14 nitrogen and oxygen atoms in total. The van der Waals surface area contributed by atoms with Crippen LogP contribution in [-0.4, -0.2) is 133 Å². The van der Waals surface area contributed by atoms with Crippen LogP contribution in [0.1, 0.15) is 51.4 Å². The van der Waals surface area contributed by atoms with Crippen molar-refractivity contribution >= 4 is 37.8 Å². The smallest absolute Gasteiger partial charge is 0.492 e. The first-order valence-corrected chi connectivity index (χ1v) is 19.3. The number of hydrogen-bond donors (Lipinski definition) is 6. The van der Waals surface area contributed by atoms with Crippen LogP contribution < -0.4 is 0 Å². The standard InChI is InChI=1S/C18H44N2O12S2Si2/c21-33(22,23)15-5-1-3-9-19(11-7-17-35(27,28)29)13-14-20(12-8-18-36(30,31)32)10-4-2-6-16-34(24,25)26/h27-32H,1-18H2,(H,21,22,23)(H,24,25,26)/p-2. The van der Waals surface area contributed by atoms with Crippen LogP contribution in [0.3, 0.4) is 0 Å². The van der Waals surface area contributed by atoms with Gasteiger partial charge >= 0.3 is 17.6 Å². The first-order chi connectivity index (χ1) is 16.4. The van der Waals surface area contributed by atoms with Gasteiger partial charge in [0.25, 0.3) is 0 Å². The van der Waals surface area contributed by atoms with Crippen LogP contribution in [0.2, 0.25) is 12.1 Å². The minimum Gasteiger partial charge on any atom is -0.748 e. The van der Waals surface area contributed by atoms with Crippen LogP contribution in [0.25, 0.3) is 0 Å². The highest BCUT2D eigenvalue weighted by Crippen LogP contribution is 2.09. The molecule has 0 fully saturated rings. The maximum absolute atomic E-state index is 10.7. The maximum Gasteiger partial charge on any atom is 0.492 e. The van der Waals surface area contributed by atoms with E-state index >= 15 is 0 Å². The van der Waals surface area contributed by atoms with Crippen molar-refractivity contribution in [2.24, 2.45) is 0 Å². The molecule has 0 aromatic carbocycles. The normalized spacial score (nSPS) is 13.7. The molecule has 0 saturated carbocycles. The van der Waals surface area contributed by atoms with Gasteiger partial charge in [0.2, 0.25) is 0 Å². The van der Waals surface area contributed by atoms with Gasteiger partial charge in [0.15, 0.2) is 0 Å². The van der Waals surface area contributed by atoms with Crippen molar-refractivity contribution < 1.29 is 54.7 Å². The molecule has 36 heavy (non-hydrogen) atoms. The molecular formula is C18H42N2O12S2Si2-2. The second kappa shape index (κ2) is 17.5. The predicted molar refractivity (Wildman–Crippen MR) is 133 cm³/mol. The number of rotatable bonds is 23. The number of hydrogen-bond acceptors (Lipinski definition) is 14. The Bertz CT molecular complexity index is 723. The van der Waals surface area contributed by atoms with E-state index in [0.29, 0.717) is 77.8 Å². The Hall–Kier alpha value is -0.0662. The molecule has 0 spiro atoms. The number of unbranched alkanes of at least 4 members (excludes halogenated alkanes) is 4. The highest BCUT2D eigenvalue weighted by Gasteiger charge is 2.27. The molecule has 218 valence electrons. The van der Waals surface area contributed by atoms with Crippen LogP contribution >= 0.6 is 0 Å². The van der Waals surface area contributed by atoms with Crippen molar-refractivity contribution in [3.8, 4) is 0 Å². The summed E-state index contributed by atoms with van der Waals surface area (Å²) in [5.41, 5.74) is 0. The van der Waals surface area contributed by atoms with E-state index in [1.54, 1.807) is 0 Å². The van der Waals surface area contributed by atoms with Crippen molar-refractivity contribution in [2.45, 2.75) is 63.5 Å². The van der Waals surface area contributed by atoms with E-state index in [4.69, 9.17) is 0 Å². The summed E-state index contributed by atoms with van der Waals surface area (Å²) in [7, 11) is -16.9. The Morgan fingerprint density at radius 1 is 0.472 bits per heavy atom. The zero-order valence-electron chi connectivity index (χ0n) is 20.6. The quantitative estimate of drug-likeness (QED) is 0.0409. The molecule has 0 unspecified atom stereocenters. The van der Waals surface area contributed by atoms with Gasteiger partial charge < -0.3 is 47.7 Å². The highest BCUT2D eigenvalue weighted by atomic mass is 32.2. The Morgan fingerprint density at radius 2 is 0.778 bits per heavy atom. The zero-order chi connectivity index (χ0) is 27.9. The van der Waals surface area contributed by atoms with E-state index in [-0.39, 0.29) is 24.9 Å². The zero-order valence-corrected chi connectivity index (χ0v) is 24.2. The lowest BCUT2D eigenvalue weighted by atomic mass is 10.2. The monoisotopic (exact) mass is 598 g/mol. The van der Waals surface area contributed by atoms with Gasteiger partial charge in [-0.3, -0.25) is 0 Å². The first kappa shape index (κ1) is 35.9. The summed E-state index contributed by atoms with van der Waals surface area (Å²) in [5, 5.41) is 0. The molecule has 0 aliphatic heterocycles. The van der Waals surface area contributed by atoms with Crippen LogP contribution in [-0.2, 0) is 20.2 Å². The minimum atomic E-state index is -4.27. The van der Waals surface area contributed by atoms with E-state index < -0.39 is 49.4 Å². The third-order valence-electron chi connectivity index (χ3n) is 5.44. The lowest BCUT2D eigenvalue weighted by Crippen LogP contribution is -2.40. The lowest BCUT2D eigenvalue weighted by molar-refractivity contribution is 0.186. The van der Waals surface area contributed by atoms with E-state index in [0.717, 1.165) is 0 Å². The molecular weight excluding hydrogens is 557 g/mol. The van der Waals surface area contributed by atoms with Gasteiger partial charge in [-0.25, -0.2) is 16.8 Å². The minimum absolute atomic E-state index is 0.138. The third kappa shape index (κ3) is 27.0. The van der Waals surface area contributed by atoms with Gasteiger partial charge in [-0.2, -0.15) is 0 Å². The van der Waals surface area contributed by atoms with E-state index in [1.165, 1.54) is 0 Å². The van der Waals surface area contributed by atoms with Crippen molar-refractivity contribution in [3.05, 3.63) is 0 Å². The molecule has 0 aromatic heterocycles. The average Bonchev–Trinajstić information content (AvgIpc) is 2.66. The van der Waals surface area contributed by atoms with Crippen LogP contribution in [0.15, 0.2) is 0 Å². The molecule has 0 atom stereocenters. The van der Waals surface area contributed by atoms with E-state index in [2.05, 4.69) is 0 Å². The van der Waals surface area contributed by atoms with Crippen LogP contribution in [0, 0.1) is 0 Å². The van der Waals surface area contributed by atoms with Crippen molar-refractivity contribution in [2.75, 3.05) is 50.8 Å². The highest BCUT2D eigenvalue weighted by molar-refractivity contribution is 7.85. The molecule has 0 rings (SSSR count). The van der Waals surface area contributed by atoms with Crippen molar-refractivity contribution in [3.63, 3.8) is 0 Å². The Labute approximate surface area is 216 Å². The second-order valence-electron chi connectivity index (χ2n) is 9.08. The van der Waals surface area contributed by atoms with Gasteiger partial charge in [0.1, 0.15) is 0 Å². The largest absolute Gasteiger partial charge is 0.748 e. The molecule has 0 amide bonds. The summed E-state index contributed by atoms with van der Waals surface area (Å²) in [6.45, 7) is 3.00.